The Kier molecular flexibility index (Phi) is 25.1. The van der Waals surface area contributed by atoms with Crippen molar-refractivity contribution < 1.29 is 9.47 Å². The van der Waals surface area contributed by atoms with Gasteiger partial charge in [-0.1, -0.05) is 285 Å². The van der Waals surface area contributed by atoms with Gasteiger partial charge in [0, 0.05) is 44.8 Å². The molecule has 0 aliphatic rings. The van der Waals surface area contributed by atoms with Crippen LogP contribution in [0.5, 0.6) is 11.5 Å². The molecule has 12 aromatic rings. The first-order valence-corrected chi connectivity index (χ1v) is 41.3. The molecule has 580 valence electrons. The van der Waals surface area contributed by atoms with Gasteiger partial charge in [-0.05, 0) is 194 Å². The number of ether oxygens (including phenoxy) is 2. The van der Waals surface area contributed by atoms with E-state index < -0.39 is 13.7 Å². The number of aromatic nitrogens is 6. The van der Waals surface area contributed by atoms with Gasteiger partial charge < -0.3 is 18.4 Å². The summed E-state index contributed by atoms with van der Waals surface area (Å²) in [5.74, 6) is 3.76. The van der Waals surface area contributed by atoms with E-state index in [9.17, 15) is 11.8 Å². The number of fused-ring (bicyclic) bond motifs is 3. The number of hydrogen-bond donors (Lipinski definition) is 0. The Bertz CT molecular complexity index is 5230. The van der Waals surface area contributed by atoms with E-state index >= 15 is 0 Å². The molecule has 8 aromatic carbocycles. The molecule has 0 aliphatic heterocycles. The molecule has 113 heavy (non-hydrogen) atoms. The second-order valence-electron chi connectivity index (χ2n) is 37.6. The van der Waals surface area contributed by atoms with Crippen molar-refractivity contribution in [1.29, 1.82) is 5.26 Å². The molecular formula is C101H118B2N8O2. The molecule has 10 nitrogen and oxygen atoms in total. The molecule has 0 amide bonds. The van der Waals surface area contributed by atoms with Crippen LogP contribution in [0.25, 0.3) is 71.5 Å². The van der Waals surface area contributed by atoms with E-state index in [1.54, 1.807) is 12.4 Å². The topological polar surface area (TPSA) is 108 Å². The number of hydrogen-bond acceptors (Lipinski definition) is 7. The van der Waals surface area contributed by atoms with Gasteiger partial charge in [0.05, 0.1) is 59.1 Å². The van der Waals surface area contributed by atoms with Crippen LogP contribution in [0, 0.1) is 103 Å². The van der Waals surface area contributed by atoms with E-state index in [0.29, 0.717) is 87.1 Å². The highest BCUT2D eigenvalue weighted by Crippen LogP contribution is 2.42. The molecule has 0 saturated heterocycles. The van der Waals surface area contributed by atoms with Crippen LogP contribution in [0.3, 0.4) is 0 Å². The standard InChI is InChI=1S/C101H118B2N8O2/c1-66(58-98(9,10)11)48-50-76(71(6)59-99(12,13)14)64-112-83-47-35-37-75(57-83)95-92-91(96(84(61-104)89-62-106-85-52-67(2)69(4)54-87(85)108-89)110(95)102(78-38-26-22-27-39-78)79-40-28-23-29-41-79)94(74-36-34-46-82(56-74)113-65-77(72(7)60-100(15,16)17)51-49-73(8)101(18,19)20)111(103(80-42-30-24-31-43-80)81-44-32-25-33-45-81)97(92)93(105-21)90-63-107-86-53-68(3)70(5)55-88(86)109-90/h22-47,52-57,62-63,66,71-73,76-77H,48-51,58-60,64-65H2,1-20H3/b96-84-,97-93+. The maximum Gasteiger partial charge on any atom is 0.328 e. The Morgan fingerprint density at radius 1 is 0.451 bits per heavy atom. The fourth-order valence-electron chi connectivity index (χ4n) is 17.5. The fourth-order valence-corrected chi connectivity index (χ4v) is 17.5. The maximum absolute atomic E-state index is 13.0. The van der Waals surface area contributed by atoms with Gasteiger partial charge in [-0.2, -0.15) is 5.26 Å². The summed E-state index contributed by atoms with van der Waals surface area (Å²) >= 11 is 0. The first kappa shape index (κ1) is 82.2. The van der Waals surface area contributed by atoms with Crippen LogP contribution in [0.15, 0.2) is 207 Å². The largest absolute Gasteiger partial charge is 0.493 e. The first-order valence-electron chi connectivity index (χ1n) is 41.3. The van der Waals surface area contributed by atoms with Crippen LogP contribution in [-0.2, 0) is 0 Å². The molecule has 0 N–H and O–H groups in total. The lowest BCUT2D eigenvalue weighted by Gasteiger charge is -2.33. The smallest absolute Gasteiger partial charge is 0.328 e. The Labute approximate surface area is 675 Å². The summed E-state index contributed by atoms with van der Waals surface area (Å²) in [6, 6.07) is 71.1. The van der Waals surface area contributed by atoms with Crippen LogP contribution in [0.4, 0.5) is 0 Å². The molecule has 12 heteroatoms. The van der Waals surface area contributed by atoms with Crippen molar-refractivity contribution >= 4 is 79.7 Å². The molecular weight excluding hydrogens is 1380 g/mol. The lowest BCUT2D eigenvalue weighted by molar-refractivity contribution is 0.139. The predicted octanol–water partition coefficient (Wildman–Crippen LogP) is 21.5. The average molecular weight is 1500 g/mol. The van der Waals surface area contributed by atoms with Crippen molar-refractivity contribution in [2.45, 2.75) is 183 Å². The molecule has 6 unspecified atom stereocenters. The number of nitriles is 1. The molecule has 0 saturated carbocycles. The molecule has 4 heterocycles. The molecule has 0 aliphatic carbocycles. The van der Waals surface area contributed by atoms with Crippen LogP contribution in [0.1, 0.15) is 189 Å². The van der Waals surface area contributed by atoms with Crippen LogP contribution in [-0.4, -0.2) is 55.8 Å². The fraction of sp³-hybridized carbons (Fsp3) is 0.386. The molecule has 0 fully saturated rings. The van der Waals surface area contributed by atoms with Crippen molar-refractivity contribution in [1.82, 2.24) is 28.9 Å². The SMILES string of the molecule is [C-]#[N+]/C(c1cnc2cc(C)c(C)cc2n1)=c1\c2c(-c3cccc(OCC(CCC(C)CC(C)(C)C)C(C)CC(C)(C)C)c3)n(B(c3ccccc3)c3ccccc3)/c(=C(/C#N)c3cnc4cc(C)c(C)cc4n3)c2c(-c2cccc(OCC(CCC(C)C(C)(C)C)C(C)CC(C)(C)C)c2)n1B(c1ccccc1)c1ccccc1. The minimum Gasteiger partial charge on any atom is -0.493 e. The van der Waals surface area contributed by atoms with Crippen molar-refractivity contribution in [2.75, 3.05) is 13.2 Å². The third kappa shape index (κ3) is 19.3. The van der Waals surface area contributed by atoms with E-state index in [4.69, 9.17) is 34.3 Å². The monoisotopic (exact) mass is 1500 g/mol. The predicted molar refractivity (Wildman–Crippen MR) is 477 cm³/mol. The summed E-state index contributed by atoms with van der Waals surface area (Å²) < 4.78 is 19.6. The van der Waals surface area contributed by atoms with Crippen LogP contribution in [0.2, 0.25) is 0 Å². The zero-order valence-corrected chi connectivity index (χ0v) is 71.0. The third-order valence-corrected chi connectivity index (χ3v) is 23.7. The summed E-state index contributed by atoms with van der Waals surface area (Å²) in [5.41, 5.74) is 16.1. The van der Waals surface area contributed by atoms with Crippen molar-refractivity contribution in [3.8, 4) is 40.1 Å². The zero-order chi connectivity index (χ0) is 80.8. The van der Waals surface area contributed by atoms with Gasteiger partial charge in [0.25, 0.3) is 0 Å². The second-order valence-corrected chi connectivity index (χ2v) is 37.6. The van der Waals surface area contributed by atoms with Crippen molar-refractivity contribution in [2.24, 2.45) is 57.2 Å². The minimum absolute atomic E-state index is 0.114. The number of benzene rings is 8. The maximum atomic E-state index is 13.0. The summed E-state index contributed by atoms with van der Waals surface area (Å²) in [7, 11) is 0. The van der Waals surface area contributed by atoms with E-state index in [0.717, 1.165) is 133 Å². The zero-order valence-electron chi connectivity index (χ0n) is 71.0. The van der Waals surface area contributed by atoms with E-state index in [1.165, 1.54) is 0 Å². The van der Waals surface area contributed by atoms with Gasteiger partial charge in [0.15, 0.2) is 0 Å². The van der Waals surface area contributed by atoms with Gasteiger partial charge >= 0.3 is 13.7 Å². The number of nitrogens with zero attached hydrogens (tertiary/aromatic N) is 8. The summed E-state index contributed by atoms with van der Waals surface area (Å²) in [4.78, 5) is 26.5. The average Bonchev–Trinajstić information content (AvgIpc) is 1.52. The minimum atomic E-state index is -0.627. The van der Waals surface area contributed by atoms with Gasteiger partial charge in [-0.3, -0.25) is 15.0 Å². The van der Waals surface area contributed by atoms with Gasteiger partial charge in [0.1, 0.15) is 28.8 Å². The van der Waals surface area contributed by atoms with E-state index in [1.807, 2.05) is 0 Å². The quantitative estimate of drug-likeness (QED) is 0.0373. The highest BCUT2D eigenvalue weighted by molar-refractivity contribution is 6.85. The number of rotatable bonds is 27. The Morgan fingerprint density at radius 3 is 1.21 bits per heavy atom. The van der Waals surface area contributed by atoms with E-state index in [-0.39, 0.29) is 39.2 Å². The lowest BCUT2D eigenvalue weighted by atomic mass is 9.50. The molecule has 6 atom stereocenters. The highest BCUT2D eigenvalue weighted by atomic mass is 16.5. The van der Waals surface area contributed by atoms with Crippen molar-refractivity contribution in [3.05, 3.63) is 262 Å². The summed E-state index contributed by atoms with van der Waals surface area (Å²) in [6.07, 6.45) is 11.1. The third-order valence-electron chi connectivity index (χ3n) is 23.7. The van der Waals surface area contributed by atoms with Gasteiger partial charge in [-0.25, -0.2) is 9.83 Å². The second kappa shape index (κ2) is 34.6. The van der Waals surface area contributed by atoms with Gasteiger partial charge in [-0.15, -0.1) is 0 Å². The molecule has 0 radical (unpaired) electrons. The summed E-state index contributed by atoms with van der Waals surface area (Å²) in [6.45, 7) is 56.2. The van der Waals surface area contributed by atoms with Gasteiger partial charge in [0.2, 0.25) is 5.70 Å². The summed E-state index contributed by atoms with van der Waals surface area (Å²) in [5, 5.41) is 15.6. The lowest BCUT2D eigenvalue weighted by Crippen LogP contribution is -2.54. The Morgan fingerprint density at radius 2 is 0.823 bits per heavy atom. The normalized spacial score (nSPS) is 14.4. The highest BCUT2D eigenvalue weighted by Gasteiger charge is 2.39. The van der Waals surface area contributed by atoms with Crippen LogP contribution >= 0.6 is 0 Å². The Hall–Kier alpha value is -10.3. The number of aryl methyl sites for hydroxylation is 4. The first-order chi connectivity index (χ1) is 53.8. The Balaban J connectivity index is 1.31. The molecule has 12 rings (SSSR count). The molecule has 4 aromatic heterocycles. The molecule has 0 spiro atoms. The van der Waals surface area contributed by atoms with Crippen LogP contribution < -0.4 is 42.0 Å². The molecule has 0 bridgehead atoms. The van der Waals surface area contributed by atoms with E-state index in [2.05, 4.69) is 348 Å². The van der Waals surface area contributed by atoms with Crippen molar-refractivity contribution in [3.63, 3.8) is 0 Å².